The molecular weight excluding hydrogens is 671 g/mol. The van der Waals surface area contributed by atoms with Gasteiger partial charge in [0.2, 0.25) is 5.90 Å². The van der Waals surface area contributed by atoms with E-state index in [1.807, 2.05) is 31.2 Å². The Bertz CT molecular complexity index is 1970. The highest BCUT2D eigenvalue weighted by molar-refractivity contribution is 7.91. The third-order valence-electron chi connectivity index (χ3n) is 8.48. The van der Waals surface area contributed by atoms with Gasteiger partial charge in [0.15, 0.2) is 21.5 Å². The van der Waals surface area contributed by atoms with Gasteiger partial charge in [0, 0.05) is 36.5 Å². The number of amides is 1. The number of carbonyl (C=O) groups excluding carboxylic acids is 1. The van der Waals surface area contributed by atoms with Gasteiger partial charge in [0.05, 0.1) is 30.4 Å². The van der Waals surface area contributed by atoms with Crippen LogP contribution in [0.4, 0.5) is 0 Å². The minimum atomic E-state index is -3.85. The van der Waals surface area contributed by atoms with Crippen LogP contribution < -0.4 is 14.8 Å². The monoisotopic (exact) mass is 711 g/mol. The first-order chi connectivity index (χ1) is 24.8. The fourth-order valence-corrected chi connectivity index (χ4v) is 7.28. The first-order valence-electron chi connectivity index (χ1n) is 16.8. The fraction of sp³-hybridized carbons (Fsp3) is 0.316. The smallest absolute Gasteiger partial charge is 0.252 e. The summed E-state index contributed by atoms with van der Waals surface area (Å²) in [4.78, 5) is 22.7. The molecule has 0 bridgehead atoms. The number of ether oxygens (including phenoxy) is 3. The summed E-state index contributed by atoms with van der Waals surface area (Å²) in [5, 5.41) is 15.9. The van der Waals surface area contributed by atoms with Crippen LogP contribution in [-0.2, 0) is 32.3 Å². The van der Waals surface area contributed by atoms with Gasteiger partial charge in [-0.1, -0.05) is 65.8 Å². The molecule has 0 saturated heterocycles. The lowest BCUT2D eigenvalue weighted by Crippen LogP contribution is -2.50. The number of benzene rings is 4. The highest BCUT2D eigenvalue weighted by Gasteiger charge is 2.54. The lowest BCUT2D eigenvalue weighted by atomic mass is 9.83. The van der Waals surface area contributed by atoms with Crippen molar-refractivity contribution in [1.29, 1.82) is 0 Å². The van der Waals surface area contributed by atoms with Gasteiger partial charge in [-0.15, -0.1) is 0 Å². The van der Waals surface area contributed by atoms with E-state index in [-0.39, 0.29) is 36.9 Å². The molecule has 2 atom stereocenters. The molecule has 0 unspecified atom stereocenters. The molecule has 12 nitrogen and oxygen atoms in total. The molecule has 0 aliphatic carbocycles. The minimum Gasteiger partial charge on any atom is -0.494 e. The number of nitrogens with one attached hydrogen (secondary N) is 1. The second-order valence-corrected chi connectivity index (χ2v) is 13.9. The van der Waals surface area contributed by atoms with E-state index in [9.17, 15) is 13.2 Å². The Labute approximate surface area is 297 Å². The van der Waals surface area contributed by atoms with E-state index in [1.54, 1.807) is 66.7 Å². The molecule has 2 N–H and O–H groups in total. The Morgan fingerprint density at radius 3 is 2.41 bits per heavy atom. The van der Waals surface area contributed by atoms with Crippen LogP contribution in [-0.4, -0.2) is 63.0 Å². The third-order valence-corrected chi connectivity index (χ3v) is 10.2. The topological polar surface area (TPSA) is 172 Å². The van der Waals surface area contributed by atoms with Gasteiger partial charge >= 0.3 is 0 Å². The van der Waals surface area contributed by atoms with Crippen molar-refractivity contribution in [2.45, 2.75) is 49.3 Å². The molecular formula is C38H41N5O7S. The predicted molar refractivity (Wildman–Crippen MR) is 193 cm³/mol. The van der Waals surface area contributed by atoms with Crippen molar-refractivity contribution in [2.24, 2.45) is 10.1 Å². The average Bonchev–Trinajstić information content (AvgIpc) is 3.55. The van der Waals surface area contributed by atoms with E-state index in [0.717, 1.165) is 11.3 Å². The second-order valence-electron chi connectivity index (χ2n) is 11.8. The Kier molecular flexibility index (Phi) is 12.7. The molecule has 1 amide bonds. The summed E-state index contributed by atoms with van der Waals surface area (Å²) in [5.74, 6) is 0.532. The molecule has 0 aromatic heterocycles. The number of aliphatic imine (C=N–C) groups is 1. The number of carbonyl (C=O) groups is 1. The molecule has 13 heteroatoms. The zero-order chi connectivity index (χ0) is 36.1. The number of hydrogen-bond donors (Lipinski definition) is 2. The molecule has 0 spiro atoms. The van der Waals surface area contributed by atoms with E-state index in [1.165, 1.54) is 12.1 Å². The summed E-state index contributed by atoms with van der Waals surface area (Å²) < 4.78 is 45.4. The molecule has 266 valence electrons. The van der Waals surface area contributed by atoms with E-state index in [0.29, 0.717) is 48.5 Å². The number of para-hydroxylation sites is 1. The summed E-state index contributed by atoms with van der Waals surface area (Å²) in [6.07, 6.45) is -0.347. The van der Waals surface area contributed by atoms with Gasteiger partial charge in [0.1, 0.15) is 11.5 Å². The summed E-state index contributed by atoms with van der Waals surface area (Å²) in [5.41, 5.74) is 10.00. The molecule has 4 aromatic rings. The molecule has 1 heterocycles. The number of aliphatic hydroxyl groups is 1. The number of aliphatic hydroxyl groups excluding tert-OH is 1. The summed E-state index contributed by atoms with van der Waals surface area (Å²) >= 11 is 0. The second kappa shape index (κ2) is 17.5. The van der Waals surface area contributed by atoms with E-state index in [2.05, 4.69) is 15.3 Å². The number of rotatable bonds is 18. The normalized spacial score (nSPS) is 16.7. The first kappa shape index (κ1) is 36.9. The maximum atomic E-state index is 14.7. The fourth-order valence-electron chi connectivity index (χ4n) is 5.90. The SMILES string of the molecule is CCOc1ccccc1CCNC(=O)[C@]1(CCS(=O)(=O)c2ccccc2)N=C(c2ccc(OCCCO)cc2)O[C@@H]1c1ccccc1CN=[N+]=[N-]. The average molecular weight is 712 g/mol. The van der Waals surface area contributed by atoms with Gasteiger partial charge < -0.3 is 24.6 Å². The van der Waals surface area contributed by atoms with Crippen molar-refractivity contribution in [3.8, 4) is 11.5 Å². The van der Waals surface area contributed by atoms with Gasteiger partial charge in [-0.25, -0.2) is 13.4 Å². The molecule has 4 aromatic carbocycles. The highest BCUT2D eigenvalue weighted by Crippen LogP contribution is 2.44. The summed E-state index contributed by atoms with van der Waals surface area (Å²) in [6.45, 7) is 2.94. The number of sulfone groups is 1. The van der Waals surface area contributed by atoms with Crippen LogP contribution in [0.3, 0.4) is 0 Å². The summed E-state index contributed by atoms with van der Waals surface area (Å²) in [7, 11) is -3.85. The quantitative estimate of drug-likeness (QED) is 0.0540. The Hall–Kier alpha value is -5.36. The van der Waals surface area contributed by atoms with Crippen LogP contribution in [0.2, 0.25) is 0 Å². The maximum Gasteiger partial charge on any atom is 0.252 e. The Balaban J connectivity index is 1.56. The van der Waals surface area contributed by atoms with Gasteiger partial charge in [0.25, 0.3) is 5.91 Å². The Morgan fingerprint density at radius 1 is 0.980 bits per heavy atom. The first-order valence-corrected chi connectivity index (χ1v) is 18.4. The molecule has 0 radical (unpaired) electrons. The van der Waals surface area contributed by atoms with Crippen molar-refractivity contribution in [2.75, 3.05) is 32.1 Å². The predicted octanol–water partition coefficient (Wildman–Crippen LogP) is 6.14. The van der Waals surface area contributed by atoms with Crippen LogP contribution >= 0.6 is 0 Å². The van der Waals surface area contributed by atoms with Crippen LogP contribution in [0.5, 0.6) is 11.5 Å². The van der Waals surface area contributed by atoms with E-state index in [4.69, 9.17) is 29.8 Å². The standard InChI is InChI=1S/C38H41N5O7S/c1-2-48-34-16-9-7-11-28(34)21-23-40-37(45)38(22-26-51(46,47)32-13-4-3-5-14-32)35(33-15-8-6-12-30(33)27-41-43-39)50-36(42-38)29-17-19-31(20-18-29)49-25-10-24-44/h3-9,11-20,35,44H,2,10,21-27H2,1H3,(H,40,45)/t35-,38-/m1/s1. The van der Waals surface area contributed by atoms with Crippen LogP contribution in [0.15, 0.2) is 118 Å². The van der Waals surface area contributed by atoms with Crippen molar-refractivity contribution < 1.29 is 32.5 Å². The molecule has 5 rings (SSSR count). The lowest BCUT2D eigenvalue weighted by Gasteiger charge is -2.31. The minimum absolute atomic E-state index is 0.00837. The zero-order valence-electron chi connectivity index (χ0n) is 28.4. The summed E-state index contributed by atoms with van der Waals surface area (Å²) in [6, 6.07) is 29.7. The van der Waals surface area contributed by atoms with E-state index < -0.39 is 33.1 Å². The molecule has 1 aliphatic rings. The highest BCUT2D eigenvalue weighted by atomic mass is 32.2. The van der Waals surface area contributed by atoms with Gasteiger partial charge in [-0.2, -0.15) is 0 Å². The Morgan fingerprint density at radius 2 is 1.69 bits per heavy atom. The van der Waals surface area contributed by atoms with Crippen LogP contribution in [0.1, 0.15) is 48.1 Å². The number of hydrogen-bond acceptors (Lipinski definition) is 9. The molecule has 51 heavy (non-hydrogen) atoms. The lowest BCUT2D eigenvalue weighted by molar-refractivity contribution is -0.129. The number of azide groups is 1. The van der Waals surface area contributed by atoms with Crippen molar-refractivity contribution in [3.05, 3.63) is 136 Å². The van der Waals surface area contributed by atoms with Gasteiger partial charge in [-0.3, -0.25) is 4.79 Å². The van der Waals surface area contributed by atoms with Crippen LogP contribution in [0, 0.1) is 0 Å². The maximum absolute atomic E-state index is 14.7. The molecule has 1 aliphatic heterocycles. The van der Waals surface area contributed by atoms with Crippen molar-refractivity contribution in [1.82, 2.24) is 5.32 Å². The number of nitrogens with zero attached hydrogens (tertiary/aromatic N) is 4. The van der Waals surface area contributed by atoms with E-state index >= 15 is 0 Å². The van der Waals surface area contributed by atoms with Crippen LogP contribution in [0.25, 0.3) is 10.4 Å². The molecule has 0 saturated carbocycles. The molecule has 0 fully saturated rings. The zero-order valence-corrected chi connectivity index (χ0v) is 29.2. The van der Waals surface area contributed by atoms with Crippen molar-refractivity contribution in [3.63, 3.8) is 0 Å². The third kappa shape index (κ3) is 9.06. The largest absolute Gasteiger partial charge is 0.494 e. The van der Waals surface area contributed by atoms with Crippen molar-refractivity contribution >= 4 is 21.6 Å². The van der Waals surface area contributed by atoms with Gasteiger partial charge in [-0.05, 0) is 78.0 Å².